The summed E-state index contributed by atoms with van der Waals surface area (Å²) in [5.74, 6) is 0.300. The fourth-order valence-corrected chi connectivity index (χ4v) is 4.22. The quantitative estimate of drug-likeness (QED) is 0.923. The molecule has 0 bridgehead atoms. The van der Waals surface area contributed by atoms with Gasteiger partial charge in [0.2, 0.25) is 5.91 Å². The molecule has 0 atom stereocenters. The summed E-state index contributed by atoms with van der Waals surface area (Å²) < 4.78 is 0. The number of nitrogens with zero attached hydrogens (tertiary/aromatic N) is 1. The molecule has 2 aliphatic rings. The van der Waals surface area contributed by atoms with Gasteiger partial charge >= 0.3 is 0 Å². The van der Waals surface area contributed by atoms with Crippen LogP contribution in [0, 0.1) is 5.41 Å². The van der Waals surface area contributed by atoms with E-state index in [2.05, 4.69) is 52.7 Å². The van der Waals surface area contributed by atoms with E-state index in [1.54, 1.807) is 0 Å². The molecule has 3 heteroatoms. The van der Waals surface area contributed by atoms with Crippen molar-refractivity contribution < 1.29 is 4.79 Å². The number of carbonyl (C=O) groups excluding carboxylic acids is 1. The second-order valence-corrected chi connectivity index (χ2v) is 7.05. The van der Waals surface area contributed by atoms with Gasteiger partial charge in [-0.1, -0.05) is 42.5 Å². The van der Waals surface area contributed by atoms with Crippen LogP contribution in [0.25, 0.3) is 10.8 Å². The monoisotopic (exact) mass is 308 g/mol. The Morgan fingerprint density at radius 3 is 2.61 bits per heavy atom. The third kappa shape index (κ3) is 2.74. The van der Waals surface area contributed by atoms with Gasteiger partial charge < -0.3 is 5.32 Å². The van der Waals surface area contributed by atoms with Gasteiger partial charge in [0.25, 0.3) is 0 Å². The molecule has 4 rings (SSSR count). The van der Waals surface area contributed by atoms with Gasteiger partial charge in [-0.3, -0.25) is 9.69 Å². The second-order valence-electron chi connectivity index (χ2n) is 7.05. The molecule has 2 heterocycles. The number of piperidine rings is 2. The van der Waals surface area contributed by atoms with Crippen LogP contribution in [0.3, 0.4) is 0 Å². The van der Waals surface area contributed by atoms with Crippen molar-refractivity contribution >= 4 is 16.7 Å². The molecule has 0 unspecified atom stereocenters. The SMILES string of the molecule is O=C1NCCCC12CCN(Cc1cccc3ccccc13)CC2. The topological polar surface area (TPSA) is 32.3 Å². The first-order valence-corrected chi connectivity index (χ1v) is 8.74. The number of rotatable bonds is 2. The lowest BCUT2D eigenvalue weighted by molar-refractivity contribution is -0.136. The van der Waals surface area contributed by atoms with Crippen molar-refractivity contribution in [1.29, 1.82) is 0 Å². The molecular formula is C20H24N2O. The second kappa shape index (κ2) is 5.97. The molecule has 0 saturated carbocycles. The molecule has 0 aromatic heterocycles. The van der Waals surface area contributed by atoms with Gasteiger partial charge in [0.05, 0.1) is 5.41 Å². The highest BCUT2D eigenvalue weighted by molar-refractivity contribution is 5.85. The Balaban J connectivity index is 1.48. The minimum atomic E-state index is -0.0759. The first kappa shape index (κ1) is 14.7. The molecule has 120 valence electrons. The molecule has 3 nitrogen and oxygen atoms in total. The van der Waals surface area contributed by atoms with Gasteiger partial charge in [-0.2, -0.15) is 0 Å². The maximum atomic E-state index is 12.3. The number of nitrogens with one attached hydrogen (secondary N) is 1. The molecule has 2 aromatic rings. The van der Waals surface area contributed by atoms with E-state index >= 15 is 0 Å². The molecule has 0 aliphatic carbocycles. The summed E-state index contributed by atoms with van der Waals surface area (Å²) >= 11 is 0. The van der Waals surface area contributed by atoms with E-state index in [1.807, 2.05) is 0 Å². The van der Waals surface area contributed by atoms with Crippen molar-refractivity contribution in [2.24, 2.45) is 5.41 Å². The molecule has 23 heavy (non-hydrogen) atoms. The number of hydrogen-bond acceptors (Lipinski definition) is 2. The van der Waals surface area contributed by atoms with Crippen molar-refractivity contribution in [3.8, 4) is 0 Å². The zero-order valence-corrected chi connectivity index (χ0v) is 13.6. The normalized spacial score (nSPS) is 21.5. The Kier molecular flexibility index (Phi) is 3.82. The van der Waals surface area contributed by atoms with Gasteiger partial charge in [0.15, 0.2) is 0 Å². The average Bonchev–Trinajstić information content (AvgIpc) is 2.60. The predicted molar refractivity (Wildman–Crippen MR) is 93.1 cm³/mol. The van der Waals surface area contributed by atoms with E-state index in [1.165, 1.54) is 16.3 Å². The first-order valence-electron chi connectivity index (χ1n) is 8.74. The number of fused-ring (bicyclic) bond motifs is 1. The smallest absolute Gasteiger partial charge is 0.226 e. The number of carbonyl (C=O) groups is 1. The van der Waals surface area contributed by atoms with E-state index in [-0.39, 0.29) is 5.41 Å². The van der Waals surface area contributed by atoms with Crippen LogP contribution >= 0.6 is 0 Å². The van der Waals surface area contributed by atoms with Gasteiger partial charge in [0, 0.05) is 13.1 Å². The summed E-state index contributed by atoms with van der Waals surface area (Å²) in [7, 11) is 0. The fourth-order valence-electron chi connectivity index (χ4n) is 4.22. The molecule has 0 radical (unpaired) electrons. The van der Waals surface area contributed by atoms with Gasteiger partial charge in [-0.05, 0) is 55.1 Å². The standard InChI is InChI=1S/C20H24N2O/c23-19-20(9-4-12-21-19)10-13-22(14-11-20)15-17-7-3-6-16-5-1-2-8-18(16)17/h1-3,5-8H,4,9-15H2,(H,21,23). The van der Waals surface area contributed by atoms with Crippen LogP contribution in [0.2, 0.25) is 0 Å². The summed E-state index contributed by atoms with van der Waals surface area (Å²) in [6.07, 6.45) is 4.21. The van der Waals surface area contributed by atoms with Gasteiger partial charge in [-0.25, -0.2) is 0 Å². The highest BCUT2D eigenvalue weighted by Crippen LogP contribution is 2.38. The van der Waals surface area contributed by atoms with E-state index in [0.717, 1.165) is 51.9 Å². The van der Waals surface area contributed by atoms with Crippen molar-refractivity contribution in [2.75, 3.05) is 19.6 Å². The summed E-state index contributed by atoms with van der Waals surface area (Å²) in [5, 5.41) is 5.74. The van der Waals surface area contributed by atoms with E-state index in [0.29, 0.717) is 5.91 Å². The van der Waals surface area contributed by atoms with Gasteiger partial charge in [0.1, 0.15) is 0 Å². The predicted octanol–water partition coefficient (Wildman–Crippen LogP) is 3.33. The number of likely N-dealkylation sites (tertiary alicyclic amines) is 1. The average molecular weight is 308 g/mol. The van der Waals surface area contributed by atoms with Crippen LogP contribution in [0.4, 0.5) is 0 Å². The van der Waals surface area contributed by atoms with Crippen LogP contribution in [0.15, 0.2) is 42.5 Å². The van der Waals surface area contributed by atoms with Crippen molar-refractivity contribution in [2.45, 2.75) is 32.2 Å². The third-order valence-corrected chi connectivity index (χ3v) is 5.69. The Labute approximate surface area is 137 Å². The molecule has 1 spiro atoms. The molecule has 1 amide bonds. The maximum Gasteiger partial charge on any atom is 0.226 e. The summed E-state index contributed by atoms with van der Waals surface area (Å²) in [6, 6.07) is 15.2. The minimum absolute atomic E-state index is 0.0759. The minimum Gasteiger partial charge on any atom is -0.356 e. The largest absolute Gasteiger partial charge is 0.356 e. The van der Waals surface area contributed by atoms with E-state index in [4.69, 9.17) is 0 Å². The van der Waals surface area contributed by atoms with Crippen LogP contribution in [0.1, 0.15) is 31.2 Å². The number of benzene rings is 2. The fraction of sp³-hybridized carbons (Fsp3) is 0.450. The maximum absolute atomic E-state index is 12.3. The summed E-state index contributed by atoms with van der Waals surface area (Å²) in [6.45, 7) is 3.90. The lowest BCUT2D eigenvalue weighted by atomic mass is 9.72. The molecule has 2 aliphatic heterocycles. The number of hydrogen-bond donors (Lipinski definition) is 1. The molecule has 2 saturated heterocycles. The van der Waals surface area contributed by atoms with Crippen molar-refractivity contribution in [1.82, 2.24) is 10.2 Å². The zero-order valence-electron chi connectivity index (χ0n) is 13.6. The van der Waals surface area contributed by atoms with E-state index in [9.17, 15) is 4.79 Å². The highest BCUT2D eigenvalue weighted by Gasteiger charge is 2.42. The van der Waals surface area contributed by atoms with Gasteiger partial charge in [-0.15, -0.1) is 0 Å². The van der Waals surface area contributed by atoms with Crippen LogP contribution in [0.5, 0.6) is 0 Å². The zero-order chi connectivity index (χ0) is 15.7. The molecule has 1 N–H and O–H groups in total. The van der Waals surface area contributed by atoms with Crippen molar-refractivity contribution in [3.05, 3.63) is 48.0 Å². The number of amides is 1. The molecular weight excluding hydrogens is 284 g/mol. The Hall–Kier alpha value is -1.87. The Bertz CT molecular complexity index is 711. The van der Waals surface area contributed by atoms with E-state index < -0.39 is 0 Å². The lowest BCUT2D eigenvalue weighted by Gasteiger charge is -2.43. The molecule has 2 fully saturated rings. The first-order chi connectivity index (χ1) is 11.3. The highest BCUT2D eigenvalue weighted by atomic mass is 16.2. The summed E-state index contributed by atoms with van der Waals surface area (Å²) in [4.78, 5) is 14.8. The Morgan fingerprint density at radius 2 is 1.78 bits per heavy atom. The van der Waals surface area contributed by atoms with Crippen LogP contribution in [-0.4, -0.2) is 30.4 Å². The van der Waals surface area contributed by atoms with Crippen LogP contribution < -0.4 is 5.32 Å². The molecule has 2 aromatic carbocycles. The summed E-state index contributed by atoms with van der Waals surface area (Å²) in [5.41, 5.74) is 1.32. The Morgan fingerprint density at radius 1 is 1.00 bits per heavy atom. The lowest BCUT2D eigenvalue weighted by Crippen LogP contribution is -2.51. The third-order valence-electron chi connectivity index (χ3n) is 5.69. The van der Waals surface area contributed by atoms with Crippen LogP contribution in [-0.2, 0) is 11.3 Å². The van der Waals surface area contributed by atoms with Crippen molar-refractivity contribution in [3.63, 3.8) is 0 Å².